The van der Waals surface area contributed by atoms with Crippen LogP contribution in [0.4, 0.5) is 0 Å². The Morgan fingerprint density at radius 2 is 1.90 bits per heavy atom. The van der Waals surface area contributed by atoms with Crippen LogP contribution in [0.1, 0.15) is 46.0 Å². The zero-order valence-electron chi connectivity index (χ0n) is 13.0. The molecule has 0 heterocycles. The van der Waals surface area contributed by atoms with Gasteiger partial charge in [0.25, 0.3) is 0 Å². The Morgan fingerprint density at radius 1 is 1.19 bits per heavy atom. The maximum atomic E-state index is 12.5. The summed E-state index contributed by atoms with van der Waals surface area (Å²) in [6.07, 6.45) is 10.6. The molecule has 3 nitrogen and oxygen atoms in total. The molecule has 0 saturated heterocycles. The molecule has 3 aliphatic rings. The van der Waals surface area contributed by atoms with Gasteiger partial charge in [-0.25, -0.2) is 0 Å². The van der Waals surface area contributed by atoms with Crippen molar-refractivity contribution in [2.45, 2.75) is 46.0 Å². The molecule has 3 heteroatoms. The van der Waals surface area contributed by atoms with Crippen LogP contribution in [0, 0.1) is 10.8 Å². The third kappa shape index (κ3) is 1.86. The van der Waals surface area contributed by atoms with Gasteiger partial charge in [0.05, 0.1) is 12.5 Å². The van der Waals surface area contributed by atoms with Gasteiger partial charge in [-0.1, -0.05) is 25.5 Å². The highest BCUT2D eigenvalue weighted by atomic mass is 16.5. The third-order valence-electron chi connectivity index (χ3n) is 5.47. The van der Waals surface area contributed by atoms with Crippen molar-refractivity contribution in [3.63, 3.8) is 0 Å². The molecular formula is C18H22O3. The number of methoxy groups -OCH3 is 1. The minimum Gasteiger partial charge on any atom is -0.468 e. The second-order valence-corrected chi connectivity index (χ2v) is 6.74. The van der Waals surface area contributed by atoms with Crippen LogP contribution in [-0.2, 0) is 14.3 Å². The van der Waals surface area contributed by atoms with Crippen LogP contribution in [0.5, 0.6) is 0 Å². The summed E-state index contributed by atoms with van der Waals surface area (Å²) < 4.78 is 5.03. The van der Waals surface area contributed by atoms with Gasteiger partial charge in [-0.05, 0) is 49.8 Å². The zero-order valence-corrected chi connectivity index (χ0v) is 13.0. The fourth-order valence-corrected chi connectivity index (χ4v) is 4.35. The summed E-state index contributed by atoms with van der Waals surface area (Å²) in [6.45, 7) is 4.10. The molecule has 2 atom stereocenters. The topological polar surface area (TPSA) is 43.4 Å². The fraction of sp³-hybridized carbons (Fsp3) is 0.556. The Morgan fingerprint density at radius 3 is 2.62 bits per heavy atom. The number of ether oxygens (including phenoxy) is 1. The predicted molar refractivity (Wildman–Crippen MR) is 80.6 cm³/mol. The van der Waals surface area contributed by atoms with E-state index in [1.807, 2.05) is 6.92 Å². The molecule has 0 bridgehead atoms. The Labute approximate surface area is 125 Å². The summed E-state index contributed by atoms with van der Waals surface area (Å²) in [5.41, 5.74) is 2.04. The smallest absolute Gasteiger partial charge is 0.315 e. The molecule has 1 fully saturated rings. The van der Waals surface area contributed by atoms with Crippen LogP contribution in [-0.4, -0.2) is 18.9 Å². The summed E-state index contributed by atoms with van der Waals surface area (Å²) in [4.78, 5) is 24.8. The predicted octanol–water partition coefficient (Wildman–Crippen LogP) is 3.51. The Balaban J connectivity index is 2.19. The van der Waals surface area contributed by atoms with Gasteiger partial charge in [0.15, 0.2) is 5.78 Å². The van der Waals surface area contributed by atoms with Gasteiger partial charge >= 0.3 is 5.97 Å². The van der Waals surface area contributed by atoms with Gasteiger partial charge in [0, 0.05) is 11.0 Å². The van der Waals surface area contributed by atoms with E-state index in [-0.39, 0.29) is 17.2 Å². The first-order valence-corrected chi connectivity index (χ1v) is 7.70. The number of ketones is 1. The monoisotopic (exact) mass is 286 g/mol. The summed E-state index contributed by atoms with van der Waals surface area (Å²) >= 11 is 0. The first-order chi connectivity index (χ1) is 9.93. The van der Waals surface area contributed by atoms with E-state index >= 15 is 0 Å². The maximum Gasteiger partial charge on any atom is 0.315 e. The molecule has 0 aliphatic heterocycles. The first kappa shape index (κ1) is 14.3. The van der Waals surface area contributed by atoms with E-state index in [0.29, 0.717) is 0 Å². The number of allylic oxidation sites excluding steroid dienone is 5. The zero-order chi connectivity index (χ0) is 15.3. The third-order valence-corrected chi connectivity index (χ3v) is 5.47. The number of hydrogen-bond acceptors (Lipinski definition) is 3. The second-order valence-electron chi connectivity index (χ2n) is 6.74. The minimum atomic E-state index is -0.679. The summed E-state index contributed by atoms with van der Waals surface area (Å²) in [5, 5.41) is 0. The van der Waals surface area contributed by atoms with E-state index in [1.54, 1.807) is 6.08 Å². The van der Waals surface area contributed by atoms with Crippen LogP contribution in [0.25, 0.3) is 0 Å². The molecule has 0 N–H and O–H groups in total. The van der Waals surface area contributed by atoms with Gasteiger partial charge in [0.2, 0.25) is 0 Å². The lowest BCUT2D eigenvalue weighted by atomic mass is 9.53. The maximum absolute atomic E-state index is 12.5. The van der Waals surface area contributed by atoms with Gasteiger partial charge in [-0.2, -0.15) is 0 Å². The number of esters is 1. The van der Waals surface area contributed by atoms with E-state index in [4.69, 9.17) is 4.74 Å². The lowest BCUT2D eigenvalue weighted by Crippen LogP contribution is -2.46. The van der Waals surface area contributed by atoms with Gasteiger partial charge in [-0.3, -0.25) is 9.59 Å². The SMILES string of the molecule is COC(=O)C1(C)CCC[C@]2(C)C3=CCCC=C3C(=O)C=C12. The number of carbonyl (C=O) groups excluding carboxylic acids is 2. The number of hydrogen-bond donors (Lipinski definition) is 0. The van der Waals surface area contributed by atoms with Crippen molar-refractivity contribution >= 4 is 11.8 Å². The standard InChI is InChI=1S/C18H22O3/c1-17-9-6-10-18(2,16(20)21-3)15(17)11-14(19)12-7-4-5-8-13(12)17/h7-8,11H,4-6,9-10H2,1-3H3/t17-,18?/m1/s1. The molecule has 0 aromatic heterocycles. The highest BCUT2D eigenvalue weighted by Gasteiger charge is 2.53. The lowest BCUT2D eigenvalue weighted by Gasteiger charge is -2.49. The highest BCUT2D eigenvalue weighted by Crippen LogP contribution is 2.58. The molecular weight excluding hydrogens is 264 g/mol. The minimum absolute atomic E-state index is 0.0467. The van der Waals surface area contributed by atoms with Crippen LogP contribution >= 0.6 is 0 Å². The second kappa shape index (κ2) is 4.69. The fourth-order valence-electron chi connectivity index (χ4n) is 4.35. The van der Waals surface area contributed by atoms with Crippen LogP contribution in [0.15, 0.2) is 34.9 Å². The Bertz CT molecular complexity index is 608. The normalized spacial score (nSPS) is 35.0. The molecule has 21 heavy (non-hydrogen) atoms. The van der Waals surface area contributed by atoms with Crippen LogP contribution < -0.4 is 0 Å². The average molecular weight is 286 g/mol. The van der Waals surface area contributed by atoms with Gasteiger partial charge in [-0.15, -0.1) is 0 Å². The van der Waals surface area contributed by atoms with E-state index in [1.165, 1.54) is 7.11 Å². The van der Waals surface area contributed by atoms with E-state index in [9.17, 15) is 9.59 Å². The van der Waals surface area contributed by atoms with Crippen molar-refractivity contribution in [3.05, 3.63) is 34.9 Å². The van der Waals surface area contributed by atoms with Crippen LogP contribution in [0.2, 0.25) is 0 Å². The molecule has 0 aromatic rings. The van der Waals surface area contributed by atoms with Gasteiger partial charge < -0.3 is 4.74 Å². The van der Waals surface area contributed by atoms with Crippen molar-refractivity contribution in [3.8, 4) is 0 Å². The molecule has 112 valence electrons. The summed E-state index contributed by atoms with van der Waals surface area (Å²) in [7, 11) is 1.43. The van der Waals surface area contributed by atoms with Crippen LogP contribution in [0.3, 0.4) is 0 Å². The van der Waals surface area contributed by atoms with E-state index in [2.05, 4.69) is 19.1 Å². The Hall–Kier alpha value is -1.64. The number of rotatable bonds is 1. The molecule has 3 rings (SSSR count). The summed E-state index contributed by atoms with van der Waals surface area (Å²) in [6, 6.07) is 0. The van der Waals surface area contributed by atoms with Crippen molar-refractivity contribution in [1.29, 1.82) is 0 Å². The lowest BCUT2D eigenvalue weighted by molar-refractivity contribution is -0.151. The molecule has 0 spiro atoms. The van der Waals surface area contributed by atoms with Gasteiger partial charge in [0.1, 0.15) is 0 Å². The quantitative estimate of drug-likeness (QED) is 0.693. The molecule has 1 unspecified atom stereocenters. The van der Waals surface area contributed by atoms with Crippen molar-refractivity contribution < 1.29 is 14.3 Å². The summed E-state index contributed by atoms with van der Waals surface area (Å²) in [5.74, 6) is -0.179. The molecule has 0 amide bonds. The number of carbonyl (C=O) groups is 2. The molecule has 3 aliphatic carbocycles. The number of fused-ring (bicyclic) bond motifs is 3. The highest BCUT2D eigenvalue weighted by molar-refractivity contribution is 6.11. The van der Waals surface area contributed by atoms with E-state index < -0.39 is 5.41 Å². The molecule has 0 aromatic carbocycles. The first-order valence-electron chi connectivity index (χ1n) is 7.70. The van der Waals surface area contributed by atoms with Crippen molar-refractivity contribution in [2.75, 3.05) is 7.11 Å². The largest absolute Gasteiger partial charge is 0.468 e. The average Bonchev–Trinajstić information content (AvgIpc) is 2.49. The Kier molecular flexibility index (Phi) is 3.19. The van der Waals surface area contributed by atoms with Crippen molar-refractivity contribution in [2.24, 2.45) is 10.8 Å². The molecule has 0 radical (unpaired) electrons. The molecule has 1 saturated carbocycles. The van der Waals surface area contributed by atoms with Crippen molar-refractivity contribution in [1.82, 2.24) is 0 Å². The van der Waals surface area contributed by atoms with E-state index in [0.717, 1.165) is 48.8 Å².